The fourth-order valence-corrected chi connectivity index (χ4v) is 2.15. The van der Waals surface area contributed by atoms with E-state index in [2.05, 4.69) is 22.5 Å². The Morgan fingerprint density at radius 2 is 2.00 bits per heavy atom. The van der Waals surface area contributed by atoms with E-state index in [0.29, 0.717) is 6.10 Å². The van der Waals surface area contributed by atoms with E-state index < -0.39 is 0 Å². The van der Waals surface area contributed by atoms with Gasteiger partial charge in [-0.1, -0.05) is 19.3 Å². The van der Waals surface area contributed by atoms with Gasteiger partial charge in [0.25, 0.3) is 0 Å². The molecule has 0 saturated heterocycles. The van der Waals surface area contributed by atoms with Crippen LogP contribution in [0.15, 0.2) is 4.99 Å². The van der Waals surface area contributed by atoms with Crippen molar-refractivity contribution in [2.24, 2.45) is 4.99 Å². The van der Waals surface area contributed by atoms with Gasteiger partial charge < -0.3 is 15.4 Å². The molecule has 100 valence electrons. The Morgan fingerprint density at radius 3 is 2.65 bits per heavy atom. The Labute approximate surface area is 105 Å². The van der Waals surface area contributed by atoms with E-state index in [4.69, 9.17) is 4.74 Å². The molecule has 0 radical (unpaired) electrons. The minimum Gasteiger partial charge on any atom is -0.378 e. The average Bonchev–Trinajstić information content (AvgIpc) is 2.38. The molecule has 0 aromatic rings. The van der Waals surface area contributed by atoms with Gasteiger partial charge in [-0.2, -0.15) is 0 Å². The van der Waals surface area contributed by atoms with Crippen LogP contribution in [0.2, 0.25) is 0 Å². The SMILES string of the molecule is CCNC(=NC)NCCCOC1CCCCC1. The quantitative estimate of drug-likeness (QED) is 0.424. The summed E-state index contributed by atoms with van der Waals surface area (Å²) in [6.07, 6.45) is 8.16. The first-order valence-corrected chi connectivity index (χ1v) is 6.93. The topological polar surface area (TPSA) is 45.7 Å². The maximum absolute atomic E-state index is 5.86. The Morgan fingerprint density at radius 1 is 1.24 bits per heavy atom. The lowest BCUT2D eigenvalue weighted by molar-refractivity contribution is 0.0277. The third-order valence-electron chi connectivity index (χ3n) is 3.09. The molecule has 1 saturated carbocycles. The number of ether oxygens (including phenoxy) is 1. The highest BCUT2D eigenvalue weighted by Crippen LogP contribution is 2.20. The van der Waals surface area contributed by atoms with E-state index in [1.807, 2.05) is 0 Å². The molecule has 0 aromatic heterocycles. The van der Waals surface area contributed by atoms with Crippen LogP contribution in [0.4, 0.5) is 0 Å². The van der Waals surface area contributed by atoms with Crippen molar-refractivity contribution < 1.29 is 4.74 Å². The lowest BCUT2D eigenvalue weighted by Gasteiger charge is -2.22. The Kier molecular flexibility index (Phi) is 7.80. The lowest BCUT2D eigenvalue weighted by atomic mass is 9.98. The van der Waals surface area contributed by atoms with Crippen LogP contribution < -0.4 is 10.6 Å². The summed E-state index contributed by atoms with van der Waals surface area (Å²) in [6, 6.07) is 0. The van der Waals surface area contributed by atoms with E-state index in [0.717, 1.165) is 32.1 Å². The van der Waals surface area contributed by atoms with Crippen LogP contribution in [0.25, 0.3) is 0 Å². The summed E-state index contributed by atoms with van der Waals surface area (Å²) in [5.74, 6) is 0.880. The van der Waals surface area contributed by atoms with Gasteiger partial charge in [-0.25, -0.2) is 0 Å². The van der Waals surface area contributed by atoms with Crippen molar-refractivity contribution in [3.63, 3.8) is 0 Å². The second-order valence-electron chi connectivity index (χ2n) is 4.51. The highest BCUT2D eigenvalue weighted by molar-refractivity contribution is 5.79. The monoisotopic (exact) mass is 241 g/mol. The van der Waals surface area contributed by atoms with Gasteiger partial charge in [0.1, 0.15) is 0 Å². The molecule has 2 N–H and O–H groups in total. The molecule has 1 fully saturated rings. The van der Waals surface area contributed by atoms with E-state index >= 15 is 0 Å². The summed E-state index contributed by atoms with van der Waals surface area (Å²) < 4.78 is 5.86. The molecule has 0 amide bonds. The Hall–Kier alpha value is -0.770. The number of rotatable bonds is 6. The smallest absolute Gasteiger partial charge is 0.190 e. The standard InChI is InChI=1S/C13H27N3O/c1-3-15-13(14-2)16-10-7-11-17-12-8-5-4-6-9-12/h12H,3-11H2,1-2H3,(H2,14,15,16). The summed E-state index contributed by atoms with van der Waals surface area (Å²) in [5.41, 5.74) is 0. The molecule has 0 bridgehead atoms. The molecule has 1 aliphatic rings. The maximum atomic E-state index is 5.86. The molecule has 0 aromatic carbocycles. The number of nitrogens with zero attached hydrogens (tertiary/aromatic N) is 1. The molecule has 4 nitrogen and oxygen atoms in total. The van der Waals surface area contributed by atoms with Gasteiger partial charge in [-0.05, 0) is 26.2 Å². The van der Waals surface area contributed by atoms with Gasteiger partial charge in [0.2, 0.25) is 0 Å². The first-order chi connectivity index (χ1) is 8.36. The highest BCUT2D eigenvalue weighted by Gasteiger charge is 2.12. The van der Waals surface area contributed by atoms with E-state index in [-0.39, 0.29) is 0 Å². The maximum Gasteiger partial charge on any atom is 0.190 e. The molecular weight excluding hydrogens is 214 g/mol. The van der Waals surface area contributed by atoms with Crippen LogP contribution in [0.1, 0.15) is 45.4 Å². The van der Waals surface area contributed by atoms with Crippen molar-refractivity contribution >= 4 is 5.96 Å². The number of hydrogen-bond acceptors (Lipinski definition) is 2. The van der Waals surface area contributed by atoms with Gasteiger partial charge in [-0.3, -0.25) is 4.99 Å². The van der Waals surface area contributed by atoms with Crippen LogP contribution in [-0.2, 0) is 4.74 Å². The highest BCUT2D eigenvalue weighted by atomic mass is 16.5. The Balaban J connectivity index is 1.96. The predicted molar refractivity (Wildman–Crippen MR) is 72.5 cm³/mol. The third kappa shape index (κ3) is 6.51. The predicted octanol–water partition coefficient (Wildman–Crippen LogP) is 1.91. The van der Waals surface area contributed by atoms with Gasteiger partial charge in [0, 0.05) is 26.7 Å². The molecule has 0 unspecified atom stereocenters. The largest absolute Gasteiger partial charge is 0.378 e. The molecule has 0 atom stereocenters. The zero-order valence-electron chi connectivity index (χ0n) is 11.3. The first-order valence-electron chi connectivity index (χ1n) is 6.93. The number of nitrogens with one attached hydrogen (secondary N) is 2. The molecule has 4 heteroatoms. The summed E-state index contributed by atoms with van der Waals surface area (Å²) in [5, 5.41) is 6.44. The fourth-order valence-electron chi connectivity index (χ4n) is 2.15. The minimum absolute atomic E-state index is 0.525. The summed E-state index contributed by atoms with van der Waals surface area (Å²) >= 11 is 0. The summed E-state index contributed by atoms with van der Waals surface area (Å²) in [4.78, 5) is 4.12. The molecule has 0 heterocycles. The normalized spacial score (nSPS) is 18.1. The molecule has 0 spiro atoms. The van der Waals surface area contributed by atoms with Crippen molar-refractivity contribution in [1.29, 1.82) is 0 Å². The van der Waals surface area contributed by atoms with Crippen molar-refractivity contribution in [3.8, 4) is 0 Å². The van der Waals surface area contributed by atoms with Crippen molar-refractivity contribution in [2.45, 2.75) is 51.6 Å². The van der Waals surface area contributed by atoms with Gasteiger partial charge in [0.05, 0.1) is 6.10 Å². The van der Waals surface area contributed by atoms with Crippen LogP contribution in [-0.4, -0.2) is 38.8 Å². The van der Waals surface area contributed by atoms with Gasteiger partial charge in [0.15, 0.2) is 5.96 Å². The molecular formula is C13H27N3O. The zero-order chi connectivity index (χ0) is 12.3. The lowest BCUT2D eigenvalue weighted by Crippen LogP contribution is -2.37. The third-order valence-corrected chi connectivity index (χ3v) is 3.09. The Bertz CT molecular complexity index is 213. The minimum atomic E-state index is 0.525. The van der Waals surface area contributed by atoms with Crippen LogP contribution in [0.5, 0.6) is 0 Å². The second kappa shape index (κ2) is 9.28. The average molecular weight is 241 g/mol. The molecule has 17 heavy (non-hydrogen) atoms. The van der Waals surface area contributed by atoms with Crippen molar-refractivity contribution in [3.05, 3.63) is 0 Å². The number of hydrogen-bond donors (Lipinski definition) is 2. The fraction of sp³-hybridized carbons (Fsp3) is 0.923. The summed E-state index contributed by atoms with van der Waals surface area (Å²) in [6.45, 7) is 4.75. The van der Waals surface area contributed by atoms with E-state index in [1.54, 1.807) is 7.05 Å². The number of guanidine groups is 1. The van der Waals surface area contributed by atoms with Crippen LogP contribution >= 0.6 is 0 Å². The van der Waals surface area contributed by atoms with Crippen molar-refractivity contribution in [1.82, 2.24) is 10.6 Å². The van der Waals surface area contributed by atoms with Gasteiger partial charge in [-0.15, -0.1) is 0 Å². The summed E-state index contributed by atoms with van der Waals surface area (Å²) in [7, 11) is 1.80. The molecule has 1 rings (SSSR count). The van der Waals surface area contributed by atoms with E-state index in [9.17, 15) is 0 Å². The van der Waals surface area contributed by atoms with Crippen LogP contribution in [0, 0.1) is 0 Å². The van der Waals surface area contributed by atoms with E-state index in [1.165, 1.54) is 32.1 Å². The first kappa shape index (κ1) is 14.3. The number of aliphatic imine (C=N–C) groups is 1. The second-order valence-corrected chi connectivity index (χ2v) is 4.51. The zero-order valence-corrected chi connectivity index (χ0v) is 11.3. The molecule has 0 aliphatic heterocycles. The van der Waals surface area contributed by atoms with Crippen molar-refractivity contribution in [2.75, 3.05) is 26.7 Å². The van der Waals surface area contributed by atoms with Gasteiger partial charge >= 0.3 is 0 Å². The van der Waals surface area contributed by atoms with Crippen LogP contribution in [0.3, 0.4) is 0 Å². The molecule has 1 aliphatic carbocycles.